The summed E-state index contributed by atoms with van der Waals surface area (Å²) in [7, 11) is 2.02. The van der Waals surface area contributed by atoms with E-state index in [2.05, 4.69) is 59.5 Å². The average Bonchev–Trinajstić information content (AvgIpc) is 2.87. The van der Waals surface area contributed by atoms with Gasteiger partial charge in [-0.3, -0.25) is 9.58 Å². The van der Waals surface area contributed by atoms with Crippen LogP contribution >= 0.6 is 0 Å². The molecule has 1 fully saturated rings. The summed E-state index contributed by atoms with van der Waals surface area (Å²) in [6.07, 6.45) is 9.82. The molecule has 4 rings (SSSR count). The van der Waals surface area contributed by atoms with Crippen molar-refractivity contribution in [3.8, 4) is 0 Å². The zero-order valence-electron chi connectivity index (χ0n) is 14.1. The molecule has 3 heteroatoms. The number of nitrogens with zero attached hydrogens (tertiary/aromatic N) is 3. The van der Waals surface area contributed by atoms with Crippen LogP contribution in [-0.2, 0) is 13.6 Å². The maximum atomic E-state index is 4.53. The lowest BCUT2D eigenvalue weighted by Crippen LogP contribution is -2.47. The van der Waals surface area contributed by atoms with Crippen molar-refractivity contribution in [2.45, 2.75) is 51.2 Å². The summed E-state index contributed by atoms with van der Waals surface area (Å²) in [5, 5.41) is 4.53. The highest BCUT2D eigenvalue weighted by molar-refractivity contribution is 5.69. The van der Waals surface area contributed by atoms with Gasteiger partial charge in [-0.15, -0.1) is 0 Å². The topological polar surface area (TPSA) is 21.1 Å². The fourth-order valence-corrected chi connectivity index (χ4v) is 4.27. The third-order valence-electron chi connectivity index (χ3n) is 5.35. The van der Waals surface area contributed by atoms with Crippen molar-refractivity contribution in [2.24, 2.45) is 7.05 Å². The Morgan fingerprint density at radius 1 is 1.17 bits per heavy atom. The Kier molecular flexibility index (Phi) is 3.82. The third kappa shape index (κ3) is 2.86. The minimum absolute atomic E-state index is 0.581. The Bertz CT molecular complexity index is 714. The highest BCUT2D eigenvalue weighted by atomic mass is 15.3. The van der Waals surface area contributed by atoms with Crippen molar-refractivity contribution in [3.05, 3.63) is 59.4 Å². The fraction of sp³-hybridized carbons (Fsp3) is 0.450. The van der Waals surface area contributed by atoms with Crippen LogP contribution in [0.3, 0.4) is 0 Å². The van der Waals surface area contributed by atoms with Gasteiger partial charge in [-0.25, -0.2) is 0 Å². The predicted molar refractivity (Wildman–Crippen MR) is 94.0 cm³/mol. The number of fused-ring (bicyclic) bond motifs is 2. The average molecular weight is 307 g/mol. The SMILES string of the molecule is Cc1nn(C)cc1C1=CC2CCCC(C1)N2Cc1ccccc1. The van der Waals surface area contributed by atoms with E-state index >= 15 is 0 Å². The van der Waals surface area contributed by atoms with Crippen LogP contribution < -0.4 is 0 Å². The Morgan fingerprint density at radius 3 is 2.70 bits per heavy atom. The van der Waals surface area contributed by atoms with Crippen LogP contribution in [-0.4, -0.2) is 26.8 Å². The molecule has 0 spiro atoms. The molecule has 1 aromatic carbocycles. The molecule has 0 radical (unpaired) electrons. The molecule has 3 heterocycles. The molecular weight excluding hydrogens is 282 g/mol. The van der Waals surface area contributed by atoms with E-state index in [-0.39, 0.29) is 0 Å². The zero-order valence-corrected chi connectivity index (χ0v) is 14.1. The molecule has 2 unspecified atom stereocenters. The molecule has 2 aliphatic heterocycles. The molecule has 23 heavy (non-hydrogen) atoms. The van der Waals surface area contributed by atoms with Gasteiger partial charge in [0.2, 0.25) is 0 Å². The highest BCUT2D eigenvalue weighted by Gasteiger charge is 2.34. The normalized spacial score (nSPS) is 24.5. The highest BCUT2D eigenvalue weighted by Crippen LogP contribution is 2.38. The van der Waals surface area contributed by atoms with Crippen molar-refractivity contribution in [1.82, 2.24) is 14.7 Å². The van der Waals surface area contributed by atoms with E-state index in [9.17, 15) is 0 Å². The number of aromatic nitrogens is 2. The summed E-state index contributed by atoms with van der Waals surface area (Å²) in [5.74, 6) is 0. The molecular formula is C20H25N3. The van der Waals surface area contributed by atoms with Crippen molar-refractivity contribution in [3.63, 3.8) is 0 Å². The van der Waals surface area contributed by atoms with E-state index in [0.29, 0.717) is 12.1 Å². The van der Waals surface area contributed by atoms with Gasteiger partial charge in [0.1, 0.15) is 0 Å². The van der Waals surface area contributed by atoms with E-state index in [4.69, 9.17) is 0 Å². The van der Waals surface area contributed by atoms with Gasteiger partial charge in [0.05, 0.1) is 5.69 Å². The van der Waals surface area contributed by atoms with Crippen LogP contribution in [0.1, 0.15) is 42.5 Å². The minimum Gasteiger partial charge on any atom is -0.289 e. The van der Waals surface area contributed by atoms with Crippen molar-refractivity contribution in [1.29, 1.82) is 0 Å². The number of rotatable bonds is 3. The van der Waals surface area contributed by atoms with Gasteiger partial charge >= 0.3 is 0 Å². The lowest BCUT2D eigenvalue weighted by molar-refractivity contribution is 0.0951. The summed E-state index contributed by atoms with van der Waals surface area (Å²) in [4.78, 5) is 2.72. The Hall–Kier alpha value is -1.87. The first kappa shape index (κ1) is 14.7. The maximum absolute atomic E-state index is 4.53. The number of aryl methyl sites for hydroxylation is 2. The van der Waals surface area contributed by atoms with Crippen molar-refractivity contribution in [2.75, 3.05) is 0 Å². The molecule has 2 bridgehead atoms. The quantitative estimate of drug-likeness (QED) is 0.856. The van der Waals surface area contributed by atoms with Crippen LogP contribution in [0.5, 0.6) is 0 Å². The molecule has 1 saturated heterocycles. The zero-order chi connectivity index (χ0) is 15.8. The van der Waals surface area contributed by atoms with Gasteiger partial charge in [0, 0.05) is 37.4 Å². The molecule has 0 aliphatic carbocycles. The van der Waals surface area contributed by atoms with Gasteiger partial charge in [-0.1, -0.05) is 42.8 Å². The molecule has 2 atom stereocenters. The summed E-state index contributed by atoms with van der Waals surface area (Å²) in [6, 6.07) is 12.2. The predicted octanol–water partition coefficient (Wildman–Crippen LogP) is 3.94. The molecule has 1 aromatic heterocycles. The van der Waals surface area contributed by atoms with E-state index in [1.165, 1.54) is 36.0 Å². The summed E-state index contributed by atoms with van der Waals surface area (Å²) >= 11 is 0. The number of hydrogen-bond acceptors (Lipinski definition) is 2. The van der Waals surface area contributed by atoms with Gasteiger partial charge in [-0.05, 0) is 37.3 Å². The van der Waals surface area contributed by atoms with Crippen LogP contribution in [0, 0.1) is 6.92 Å². The number of benzene rings is 1. The van der Waals surface area contributed by atoms with Gasteiger partial charge in [0.15, 0.2) is 0 Å². The molecule has 0 amide bonds. The van der Waals surface area contributed by atoms with E-state index in [0.717, 1.165) is 18.7 Å². The lowest BCUT2D eigenvalue weighted by Gasteiger charge is -2.45. The van der Waals surface area contributed by atoms with Crippen LogP contribution in [0.4, 0.5) is 0 Å². The Labute approximate surface area is 138 Å². The summed E-state index contributed by atoms with van der Waals surface area (Å²) < 4.78 is 1.94. The lowest BCUT2D eigenvalue weighted by atomic mass is 9.82. The third-order valence-corrected chi connectivity index (χ3v) is 5.35. The second kappa shape index (κ2) is 5.97. The van der Waals surface area contributed by atoms with Gasteiger partial charge in [-0.2, -0.15) is 5.10 Å². The maximum Gasteiger partial charge on any atom is 0.0668 e. The van der Waals surface area contributed by atoms with Crippen LogP contribution in [0.25, 0.3) is 5.57 Å². The first-order valence-corrected chi connectivity index (χ1v) is 8.71. The first-order chi connectivity index (χ1) is 11.2. The number of piperidine rings is 1. The molecule has 3 nitrogen and oxygen atoms in total. The van der Waals surface area contributed by atoms with E-state index < -0.39 is 0 Å². The van der Waals surface area contributed by atoms with Gasteiger partial charge in [0.25, 0.3) is 0 Å². The summed E-state index contributed by atoms with van der Waals surface area (Å²) in [6.45, 7) is 3.20. The van der Waals surface area contributed by atoms with Crippen molar-refractivity contribution < 1.29 is 0 Å². The van der Waals surface area contributed by atoms with Crippen LogP contribution in [0.15, 0.2) is 42.6 Å². The Balaban J connectivity index is 1.62. The second-order valence-electron chi connectivity index (χ2n) is 7.01. The molecule has 0 saturated carbocycles. The second-order valence-corrected chi connectivity index (χ2v) is 7.01. The molecule has 2 aliphatic rings. The summed E-state index contributed by atoms with van der Waals surface area (Å²) in [5.41, 5.74) is 5.45. The largest absolute Gasteiger partial charge is 0.289 e. The Morgan fingerprint density at radius 2 is 2.00 bits per heavy atom. The first-order valence-electron chi connectivity index (χ1n) is 8.71. The minimum atomic E-state index is 0.581. The smallest absolute Gasteiger partial charge is 0.0668 e. The monoisotopic (exact) mass is 307 g/mol. The van der Waals surface area contributed by atoms with Crippen LogP contribution in [0.2, 0.25) is 0 Å². The van der Waals surface area contributed by atoms with E-state index in [1.54, 1.807) is 0 Å². The standard InChI is InChI=1S/C20H25N3/c1-15-20(14-22(2)21-15)17-11-18-9-6-10-19(12-17)23(18)13-16-7-4-3-5-8-16/h3-5,7-8,11,14,18-19H,6,9-10,12-13H2,1-2H3. The van der Waals surface area contributed by atoms with E-state index in [1.807, 2.05) is 11.7 Å². The molecule has 0 N–H and O–H groups in total. The molecule has 120 valence electrons. The molecule has 2 aromatic rings. The number of hydrogen-bond donors (Lipinski definition) is 0. The van der Waals surface area contributed by atoms with Crippen molar-refractivity contribution >= 4 is 5.57 Å². The van der Waals surface area contributed by atoms with Gasteiger partial charge < -0.3 is 0 Å². The fourth-order valence-electron chi connectivity index (χ4n) is 4.27.